The van der Waals surface area contributed by atoms with Crippen LogP contribution < -0.4 is 0 Å². The summed E-state index contributed by atoms with van der Waals surface area (Å²) in [5.41, 5.74) is 2.47. The van der Waals surface area contributed by atoms with Crippen LogP contribution in [0.5, 0.6) is 0 Å². The molecule has 4 nitrogen and oxygen atoms in total. The Bertz CT molecular complexity index is 635. The minimum atomic E-state index is -1.02. The second-order valence-corrected chi connectivity index (χ2v) is 4.58. The predicted molar refractivity (Wildman–Crippen MR) is 76.3 cm³/mol. The zero-order valence-electron chi connectivity index (χ0n) is 9.98. The molecular formula is C14H11BrN2O2. The monoisotopic (exact) mass is 318 g/mol. The molecule has 19 heavy (non-hydrogen) atoms. The van der Waals surface area contributed by atoms with Crippen LogP contribution in [0, 0.1) is 11.8 Å². The number of halogens is 1. The average molecular weight is 319 g/mol. The Balaban J connectivity index is 2.18. The maximum atomic E-state index is 10.8. The molecule has 5 heteroatoms. The van der Waals surface area contributed by atoms with E-state index in [-0.39, 0.29) is 5.69 Å². The van der Waals surface area contributed by atoms with Crippen molar-refractivity contribution < 1.29 is 9.90 Å². The first-order valence-corrected chi connectivity index (χ1v) is 6.77. The molecule has 1 heterocycles. The molecule has 0 aliphatic heterocycles. The van der Waals surface area contributed by atoms with Crippen LogP contribution in [0.1, 0.15) is 22.5 Å². The van der Waals surface area contributed by atoms with Gasteiger partial charge in [0.1, 0.15) is 5.69 Å². The summed E-state index contributed by atoms with van der Waals surface area (Å²) in [4.78, 5) is 10.8. The molecule has 2 rings (SSSR count). The minimum absolute atomic E-state index is 0.0798. The molecule has 1 aromatic heterocycles. The van der Waals surface area contributed by atoms with Crippen molar-refractivity contribution in [2.24, 2.45) is 0 Å². The van der Waals surface area contributed by atoms with Crippen LogP contribution in [0.25, 0.3) is 11.3 Å². The standard InChI is InChI=1S/C14H11BrN2O2/c15-8-2-1-3-10-4-6-11(7-5-10)12-9-13(14(18)19)17-16-12/h4-7,9H,2,8H2,(H,16,17)(H,18,19). The molecule has 0 saturated carbocycles. The second-order valence-electron chi connectivity index (χ2n) is 3.79. The minimum Gasteiger partial charge on any atom is -0.477 e. The number of aromatic carboxylic acids is 1. The fourth-order valence-corrected chi connectivity index (χ4v) is 1.71. The van der Waals surface area contributed by atoms with E-state index in [2.05, 4.69) is 38.0 Å². The Morgan fingerprint density at radius 2 is 2.11 bits per heavy atom. The predicted octanol–water partition coefficient (Wildman–Crippen LogP) is 2.91. The maximum absolute atomic E-state index is 10.8. The van der Waals surface area contributed by atoms with Crippen molar-refractivity contribution in [2.75, 3.05) is 5.33 Å². The van der Waals surface area contributed by atoms with E-state index in [1.807, 2.05) is 24.3 Å². The summed E-state index contributed by atoms with van der Waals surface area (Å²) in [6.07, 6.45) is 0.809. The molecular weight excluding hydrogens is 308 g/mol. The van der Waals surface area contributed by atoms with E-state index >= 15 is 0 Å². The third kappa shape index (κ3) is 3.46. The van der Waals surface area contributed by atoms with Crippen LogP contribution in [0.2, 0.25) is 0 Å². The fraction of sp³-hybridized carbons (Fsp3) is 0.143. The van der Waals surface area contributed by atoms with Crippen LogP contribution in [-0.4, -0.2) is 26.6 Å². The van der Waals surface area contributed by atoms with E-state index in [9.17, 15) is 4.79 Å². The average Bonchev–Trinajstić information content (AvgIpc) is 2.90. The molecule has 2 aromatic rings. The lowest BCUT2D eigenvalue weighted by Crippen LogP contribution is -1.95. The highest BCUT2D eigenvalue weighted by atomic mass is 79.9. The van der Waals surface area contributed by atoms with Crippen molar-refractivity contribution in [1.82, 2.24) is 10.2 Å². The number of aromatic amines is 1. The lowest BCUT2D eigenvalue weighted by molar-refractivity contribution is 0.0690. The van der Waals surface area contributed by atoms with Gasteiger partial charge in [-0.3, -0.25) is 5.10 Å². The first-order chi connectivity index (χ1) is 9.20. The first-order valence-electron chi connectivity index (χ1n) is 5.64. The van der Waals surface area contributed by atoms with E-state index in [1.54, 1.807) is 0 Å². The van der Waals surface area contributed by atoms with Crippen molar-refractivity contribution in [1.29, 1.82) is 0 Å². The number of aromatic nitrogens is 2. The van der Waals surface area contributed by atoms with Gasteiger partial charge in [0.05, 0.1) is 5.69 Å². The van der Waals surface area contributed by atoms with Crippen molar-refractivity contribution in [3.05, 3.63) is 41.6 Å². The van der Waals surface area contributed by atoms with Gasteiger partial charge in [-0.15, -0.1) is 0 Å². The highest BCUT2D eigenvalue weighted by molar-refractivity contribution is 9.09. The van der Waals surface area contributed by atoms with Crippen LogP contribution in [0.3, 0.4) is 0 Å². The highest BCUT2D eigenvalue weighted by Crippen LogP contribution is 2.18. The number of carboxylic acid groups (broad SMARTS) is 1. The lowest BCUT2D eigenvalue weighted by atomic mass is 10.1. The third-order valence-corrected chi connectivity index (χ3v) is 2.84. The summed E-state index contributed by atoms with van der Waals surface area (Å²) >= 11 is 3.32. The van der Waals surface area contributed by atoms with E-state index in [1.165, 1.54) is 6.07 Å². The van der Waals surface area contributed by atoms with E-state index < -0.39 is 5.97 Å². The molecule has 0 unspecified atom stereocenters. The Morgan fingerprint density at radius 1 is 1.37 bits per heavy atom. The molecule has 0 bridgehead atoms. The van der Waals surface area contributed by atoms with Crippen molar-refractivity contribution in [3.63, 3.8) is 0 Å². The summed E-state index contributed by atoms with van der Waals surface area (Å²) in [5.74, 6) is 5.06. The fourth-order valence-electron chi connectivity index (χ4n) is 1.52. The van der Waals surface area contributed by atoms with Gasteiger partial charge in [-0.2, -0.15) is 5.10 Å². The largest absolute Gasteiger partial charge is 0.477 e. The van der Waals surface area contributed by atoms with E-state index in [4.69, 9.17) is 5.11 Å². The van der Waals surface area contributed by atoms with Gasteiger partial charge < -0.3 is 5.11 Å². The Morgan fingerprint density at radius 3 is 2.68 bits per heavy atom. The number of H-pyrrole nitrogens is 1. The van der Waals surface area contributed by atoms with Gasteiger partial charge in [0.15, 0.2) is 0 Å². The molecule has 0 spiro atoms. The smallest absolute Gasteiger partial charge is 0.353 e. The summed E-state index contributed by atoms with van der Waals surface area (Å²) in [6.45, 7) is 0. The van der Waals surface area contributed by atoms with Crippen molar-refractivity contribution in [3.8, 4) is 23.1 Å². The van der Waals surface area contributed by atoms with E-state index in [0.717, 1.165) is 22.9 Å². The lowest BCUT2D eigenvalue weighted by Gasteiger charge is -1.96. The van der Waals surface area contributed by atoms with Crippen molar-refractivity contribution >= 4 is 21.9 Å². The normalized spacial score (nSPS) is 9.74. The van der Waals surface area contributed by atoms with Gasteiger partial charge in [-0.25, -0.2) is 4.79 Å². The third-order valence-electron chi connectivity index (χ3n) is 2.44. The second kappa shape index (κ2) is 6.21. The molecule has 0 aliphatic rings. The topological polar surface area (TPSA) is 66.0 Å². The number of hydrogen-bond acceptors (Lipinski definition) is 2. The summed E-state index contributed by atoms with van der Waals surface area (Å²) < 4.78 is 0. The van der Waals surface area contributed by atoms with Crippen LogP contribution >= 0.6 is 15.9 Å². The molecule has 1 aromatic carbocycles. The van der Waals surface area contributed by atoms with Crippen LogP contribution in [0.4, 0.5) is 0 Å². The summed E-state index contributed by atoms with van der Waals surface area (Å²) in [7, 11) is 0. The number of alkyl halides is 1. The van der Waals surface area contributed by atoms with Crippen LogP contribution in [-0.2, 0) is 0 Å². The molecule has 2 N–H and O–H groups in total. The van der Waals surface area contributed by atoms with Crippen molar-refractivity contribution in [2.45, 2.75) is 6.42 Å². The number of nitrogens with one attached hydrogen (secondary N) is 1. The molecule has 0 saturated heterocycles. The molecule has 0 amide bonds. The molecule has 0 radical (unpaired) electrons. The number of carbonyl (C=O) groups is 1. The zero-order chi connectivity index (χ0) is 13.7. The Hall–Kier alpha value is -2.06. The molecule has 0 atom stereocenters. The van der Waals surface area contributed by atoms with Gasteiger partial charge >= 0.3 is 5.97 Å². The molecule has 96 valence electrons. The van der Waals surface area contributed by atoms with Gasteiger partial charge in [-0.05, 0) is 18.2 Å². The van der Waals surface area contributed by atoms with Gasteiger partial charge in [0, 0.05) is 22.9 Å². The summed E-state index contributed by atoms with van der Waals surface area (Å²) in [6, 6.07) is 9.05. The molecule has 0 aliphatic carbocycles. The van der Waals surface area contributed by atoms with Gasteiger partial charge in [0.2, 0.25) is 0 Å². The molecule has 0 fully saturated rings. The number of rotatable bonds is 3. The number of nitrogens with zero attached hydrogens (tertiary/aromatic N) is 1. The van der Waals surface area contributed by atoms with Gasteiger partial charge in [-0.1, -0.05) is 39.9 Å². The zero-order valence-corrected chi connectivity index (χ0v) is 11.6. The number of hydrogen-bond donors (Lipinski definition) is 2. The quantitative estimate of drug-likeness (QED) is 0.675. The van der Waals surface area contributed by atoms with E-state index in [0.29, 0.717) is 5.69 Å². The summed E-state index contributed by atoms with van der Waals surface area (Å²) in [5, 5.41) is 16.1. The highest BCUT2D eigenvalue weighted by Gasteiger charge is 2.08. The Labute approximate surface area is 119 Å². The number of carboxylic acids is 1. The number of benzene rings is 1. The van der Waals surface area contributed by atoms with Crippen LogP contribution in [0.15, 0.2) is 30.3 Å². The SMILES string of the molecule is O=C(O)c1cc(-c2ccc(C#CCCBr)cc2)n[nH]1. The maximum Gasteiger partial charge on any atom is 0.353 e. The first kappa shape index (κ1) is 13.4. The Kier molecular flexibility index (Phi) is 4.37. The van der Waals surface area contributed by atoms with Gasteiger partial charge in [0.25, 0.3) is 0 Å².